The lowest BCUT2D eigenvalue weighted by Crippen LogP contribution is -2.33. The zero-order valence-corrected chi connectivity index (χ0v) is 11.5. The third-order valence-electron chi connectivity index (χ3n) is 3.24. The predicted molar refractivity (Wildman–Crippen MR) is 75.7 cm³/mol. The van der Waals surface area contributed by atoms with Crippen molar-refractivity contribution in [2.24, 2.45) is 0 Å². The summed E-state index contributed by atoms with van der Waals surface area (Å²) in [6.07, 6.45) is 0.0130. The molecule has 7 heteroatoms. The molecule has 1 N–H and O–H groups in total. The monoisotopic (exact) mass is 287 g/mol. The molecule has 6 nitrogen and oxygen atoms in total. The molecule has 1 saturated heterocycles. The van der Waals surface area contributed by atoms with E-state index in [0.29, 0.717) is 0 Å². The molecule has 0 amide bonds. The van der Waals surface area contributed by atoms with Gasteiger partial charge in [-0.15, -0.1) is 10.2 Å². The topological polar surface area (TPSA) is 64.3 Å². The van der Waals surface area contributed by atoms with Crippen molar-refractivity contribution >= 4 is 16.3 Å². The smallest absolute Gasteiger partial charge is 0.235 e. The maximum atomic E-state index is 5.73. The fourth-order valence-corrected chi connectivity index (χ4v) is 3.14. The number of morpholine rings is 1. The Kier molecular flexibility index (Phi) is 2.95. The minimum absolute atomic E-state index is 0.0130. The highest BCUT2D eigenvalue weighted by molar-refractivity contribution is 7.16. The van der Waals surface area contributed by atoms with Crippen molar-refractivity contribution in [3.63, 3.8) is 0 Å². The van der Waals surface area contributed by atoms with Crippen LogP contribution in [0.5, 0.6) is 0 Å². The predicted octanol–water partition coefficient (Wildman–Crippen LogP) is 1.51. The van der Waals surface area contributed by atoms with Crippen LogP contribution in [0.4, 0.5) is 0 Å². The third kappa shape index (κ3) is 2.00. The second-order valence-electron chi connectivity index (χ2n) is 4.59. The Morgan fingerprint density at radius 1 is 1.25 bits per heavy atom. The summed E-state index contributed by atoms with van der Waals surface area (Å²) in [6.45, 7) is 2.41. The first-order valence-electron chi connectivity index (χ1n) is 6.52. The van der Waals surface area contributed by atoms with Crippen molar-refractivity contribution in [2.45, 2.75) is 6.10 Å². The van der Waals surface area contributed by atoms with E-state index in [9.17, 15) is 0 Å². The summed E-state index contributed by atoms with van der Waals surface area (Å²) >= 11 is 1.53. The standard InChI is InChI=1S/C13H13N5OS/c1-2-4-9(5-3-1)11-15-16-13-18(11)17-12(20-13)10-8-14-6-7-19-10/h1-5,10,14H,6-8H2. The zero-order valence-electron chi connectivity index (χ0n) is 10.7. The van der Waals surface area contributed by atoms with E-state index in [0.717, 1.165) is 41.1 Å². The maximum absolute atomic E-state index is 5.73. The molecule has 0 saturated carbocycles. The normalized spacial score (nSPS) is 19.5. The SMILES string of the molecule is c1ccc(-c2nnc3sc(C4CNCCO4)nn23)cc1. The van der Waals surface area contributed by atoms with Gasteiger partial charge in [0.05, 0.1) is 6.61 Å². The summed E-state index contributed by atoms with van der Waals surface area (Å²) in [4.78, 5) is 0.799. The molecule has 1 fully saturated rings. The van der Waals surface area contributed by atoms with Crippen LogP contribution in [0.25, 0.3) is 16.3 Å². The van der Waals surface area contributed by atoms with E-state index in [1.165, 1.54) is 11.3 Å². The van der Waals surface area contributed by atoms with Crippen LogP contribution in [0, 0.1) is 0 Å². The highest BCUT2D eigenvalue weighted by Gasteiger charge is 2.22. The average Bonchev–Trinajstić information content (AvgIpc) is 3.09. The van der Waals surface area contributed by atoms with Crippen LogP contribution in [0.3, 0.4) is 0 Å². The first-order valence-corrected chi connectivity index (χ1v) is 7.33. The molecule has 3 aromatic rings. The van der Waals surface area contributed by atoms with Gasteiger partial charge in [0, 0.05) is 18.7 Å². The quantitative estimate of drug-likeness (QED) is 0.774. The molecular weight excluding hydrogens is 274 g/mol. The van der Waals surface area contributed by atoms with Gasteiger partial charge in [-0.3, -0.25) is 0 Å². The minimum Gasteiger partial charge on any atom is -0.368 e. The van der Waals surface area contributed by atoms with Gasteiger partial charge in [0.25, 0.3) is 0 Å². The number of ether oxygens (including phenoxy) is 1. The molecule has 1 aromatic carbocycles. The Bertz CT molecular complexity index is 717. The Hall–Kier alpha value is -1.83. The molecule has 0 spiro atoms. The van der Waals surface area contributed by atoms with Crippen LogP contribution in [0.1, 0.15) is 11.1 Å². The lowest BCUT2D eigenvalue weighted by molar-refractivity contribution is 0.0270. The van der Waals surface area contributed by atoms with Crippen LogP contribution < -0.4 is 5.32 Å². The van der Waals surface area contributed by atoms with E-state index in [2.05, 4.69) is 20.6 Å². The molecular formula is C13H13N5OS. The summed E-state index contributed by atoms with van der Waals surface area (Å²) in [6, 6.07) is 9.97. The van der Waals surface area contributed by atoms with Crippen molar-refractivity contribution in [2.75, 3.05) is 19.7 Å². The number of aromatic nitrogens is 4. The van der Waals surface area contributed by atoms with E-state index in [1.807, 2.05) is 30.3 Å². The molecule has 0 radical (unpaired) electrons. The number of nitrogens with zero attached hydrogens (tertiary/aromatic N) is 4. The third-order valence-corrected chi connectivity index (χ3v) is 4.23. The molecule has 1 aliphatic rings. The maximum Gasteiger partial charge on any atom is 0.235 e. The van der Waals surface area contributed by atoms with E-state index < -0.39 is 0 Å². The summed E-state index contributed by atoms with van der Waals surface area (Å²) < 4.78 is 7.53. The number of benzene rings is 1. The number of rotatable bonds is 2. The van der Waals surface area contributed by atoms with Gasteiger partial charge >= 0.3 is 0 Å². The van der Waals surface area contributed by atoms with Crippen molar-refractivity contribution in [1.82, 2.24) is 25.1 Å². The number of fused-ring (bicyclic) bond motifs is 1. The van der Waals surface area contributed by atoms with Gasteiger partial charge < -0.3 is 10.1 Å². The fourth-order valence-electron chi connectivity index (χ4n) is 2.25. The molecule has 2 aromatic heterocycles. The van der Waals surface area contributed by atoms with Crippen molar-refractivity contribution in [1.29, 1.82) is 0 Å². The van der Waals surface area contributed by atoms with Gasteiger partial charge in [0.15, 0.2) is 5.82 Å². The fraction of sp³-hybridized carbons (Fsp3) is 0.308. The lowest BCUT2D eigenvalue weighted by atomic mass is 10.2. The largest absolute Gasteiger partial charge is 0.368 e. The molecule has 3 heterocycles. The van der Waals surface area contributed by atoms with Gasteiger partial charge in [-0.2, -0.15) is 9.61 Å². The number of hydrogen-bond acceptors (Lipinski definition) is 6. The van der Waals surface area contributed by atoms with Crippen LogP contribution in [0.15, 0.2) is 30.3 Å². The summed E-state index contributed by atoms with van der Waals surface area (Å²) in [5.74, 6) is 0.770. The summed E-state index contributed by atoms with van der Waals surface area (Å²) in [5, 5.41) is 17.3. The number of hydrogen-bond donors (Lipinski definition) is 1. The van der Waals surface area contributed by atoms with E-state index in [-0.39, 0.29) is 6.10 Å². The molecule has 4 rings (SSSR count). The van der Waals surface area contributed by atoms with Gasteiger partial charge in [0.1, 0.15) is 11.1 Å². The minimum atomic E-state index is 0.0130. The molecule has 102 valence electrons. The highest BCUT2D eigenvalue weighted by Crippen LogP contribution is 2.26. The van der Waals surface area contributed by atoms with Crippen LogP contribution >= 0.6 is 11.3 Å². The summed E-state index contributed by atoms with van der Waals surface area (Å²) in [5.41, 5.74) is 1.01. The first-order chi connectivity index (χ1) is 9.92. The Balaban J connectivity index is 1.75. The summed E-state index contributed by atoms with van der Waals surface area (Å²) in [7, 11) is 0. The second-order valence-corrected chi connectivity index (χ2v) is 5.58. The molecule has 0 aliphatic carbocycles. The highest BCUT2D eigenvalue weighted by atomic mass is 32.1. The van der Waals surface area contributed by atoms with E-state index in [4.69, 9.17) is 4.74 Å². The van der Waals surface area contributed by atoms with Gasteiger partial charge in [-0.25, -0.2) is 0 Å². The van der Waals surface area contributed by atoms with Crippen molar-refractivity contribution in [3.8, 4) is 11.4 Å². The van der Waals surface area contributed by atoms with Gasteiger partial charge in [-0.1, -0.05) is 41.7 Å². The molecule has 0 bridgehead atoms. The molecule has 1 aliphatic heterocycles. The zero-order chi connectivity index (χ0) is 13.4. The Morgan fingerprint density at radius 3 is 2.95 bits per heavy atom. The Labute approximate surface area is 119 Å². The average molecular weight is 287 g/mol. The molecule has 1 atom stereocenters. The number of nitrogens with one attached hydrogen (secondary N) is 1. The molecule has 1 unspecified atom stereocenters. The first kappa shape index (κ1) is 12.0. The van der Waals surface area contributed by atoms with Gasteiger partial charge in [0.2, 0.25) is 4.96 Å². The molecule has 20 heavy (non-hydrogen) atoms. The van der Waals surface area contributed by atoms with E-state index >= 15 is 0 Å². The van der Waals surface area contributed by atoms with Crippen molar-refractivity contribution in [3.05, 3.63) is 35.3 Å². The van der Waals surface area contributed by atoms with Crippen LogP contribution in [-0.4, -0.2) is 39.5 Å². The van der Waals surface area contributed by atoms with E-state index in [1.54, 1.807) is 4.52 Å². The van der Waals surface area contributed by atoms with Crippen molar-refractivity contribution < 1.29 is 4.74 Å². The lowest BCUT2D eigenvalue weighted by Gasteiger charge is -2.21. The van der Waals surface area contributed by atoms with Gasteiger partial charge in [-0.05, 0) is 0 Å². The second kappa shape index (κ2) is 4.93. The Morgan fingerprint density at radius 2 is 2.15 bits per heavy atom. The van der Waals surface area contributed by atoms with Crippen LogP contribution in [0.2, 0.25) is 0 Å². The van der Waals surface area contributed by atoms with Crippen LogP contribution in [-0.2, 0) is 4.74 Å².